The van der Waals surface area contributed by atoms with Crippen LogP contribution in [0.25, 0.3) is 0 Å². The Morgan fingerprint density at radius 3 is 1.06 bits per heavy atom. The number of phosphoric ester groups is 1. The predicted octanol–water partition coefficient (Wildman–Crippen LogP) is 21.0. The molecule has 0 aliphatic heterocycles. The van der Waals surface area contributed by atoms with Crippen LogP contribution in [0, 0.1) is 0 Å². The van der Waals surface area contributed by atoms with Crippen molar-refractivity contribution in [2.45, 2.75) is 315 Å². The minimum Gasteiger partial charge on any atom is -0.756 e. The molecule has 0 saturated carbocycles. The number of carbonyl (C=O) groups is 2. The van der Waals surface area contributed by atoms with Crippen molar-refractivity contribution in [1.82, 2.24) is 0 Å². The van der Waals surface area contributed by atoms with Gasteiger partial charge in [0.05, 0.1) is 27.7 Å². The summed E-state index contributed by atoms with van der Waals surface area (Å²) >= 11 is 0. The number of likely N-dealkylation sites (N-methyl/N-ethyl adjacent to an activating group) is 1. The fraction of sp³-hybridized carbons (Fsp3) is 0.800. The normalized spacial score (nSPS) is 13.6. The van der Waals surface area contributed by atoms with Crippen LogP contribution >= 0.6 is 7.82 Å². The Bertz CT molecular complexity index is 1580. The molecular weight excluding hydrogens is 1010 g/mol. The van der Waals surface area contributed by atoms with E-state index in [1.54, 1.807) is 0 Å². The van der Waals surface area contributed by atoms with Gasteiger partial charge < -0.3 is 27.9 Å². The summed E-state index contributed by atoms with van der Waals surface area (Å²) in [5.41, 5.74) is 0. The molecule has 0 rings (SSSR count). The Labute approximate surface area is 495 Å². The van der Waals surface area contributed by atoms with Crippen LogP contribution in [0.5, 0.6) is 0 Å². The van der Waals surface area contributed by atoms with Crippen LogP contribution in [0.2, 0.25) is 0 Å². The van der Waals surface area contributed by atoms with Gasteiger partial charge in [0.2, 0.25) is 0 Å². The number of esters is 2. The van der Waals surface area contributed by atoms with Crippen molar-refractivity contribution >= 4 is 19.8 Å². The number of unbranched alkanes of at least 4 members (excludes halogenated alkanes) is 36. The molecule has 9 nitrogen and oxygen atoms in total. The highest BCUT2D eigenvalue weighted by molar-refractivity contribution is 7.45. The summed E-state index contributed by atoms with van der Waals surface area (Å²) in [7, 11) is 1.16. The molecule has 0 aromatic carbocycles. The third kappa shape index (κ3) is 64.6. The van der Waals surface area contributed by atoms with Gasteiger partial charge in [-0.05, 0) is 64.2 Å². The van der Waals surface area contributed by atoms with Crippen molar-refractivity contribution in [3.05, 3.63) is 72.9 Å². The SMILES string of the molecule is CC/C=C\C/C=C\C/C=C\C/C=C\C/C=C\C/C=C\CCCCCCCCC(=O)OC(COC(=O)CCCCCCCCCCCCCCCCCCCCCCCCCCCCCCCCC)COP(=O)([O-])OCC[N+](C)(C)C. The molecule has 80 heavy (non-hydrogen) atoms. The number of quaternary nitrogens is 1. The smallest absolute Gasteiger partial charge is 0.306 e. The van der Waals surface area contributed by atoms with Crippen molar-refractivity contribution in [2.24, 2.45) is 0 Å². The summed E-state index contributed by atoms with van der Waals surface area (Å²) < 4.78 is 34.3. The highest BCUT2D eigenvalue weighted by Gasteiger charge is 2.22. The van der Waals surface area contributed by atoms with Gasteiger partial charge in [0.1, 0.15) is 19.8 Å². The Balaban J connectivity index is 4.06. The van der Waals surface area contributed by atoms with E-state index in [1.165, 1.54) is 180 Å². The van der Waals surface area contributed by atoms with E-state index < -0.39 is 26.5 Å². The lowest BCUT2D eigenvalue weighted by Gasteiger charge is -2.28. The van der Waals surface area contributed by atoms with Gasteiger partial charge in [0.15, 0.2) is 6.10 Å². The molecule has 0 radical (unpaired) electrons. The Morgan fingerprint density at radius 1 is 0.400 bits per heavy atom. The highest BCUT2D eigenvalue weighted by Crippen LogP contribution is 2.38. The van der Waals surface area contributed by atoms with Crippen LogP contribution < -0.4 is 4.89 Å². The topological polar surface area (TPSA) is 111 Å². The number of phosphoric acid groups is 1. The lowest BCUT2D eigenvalue weighted by Crippen LogP contribution is -2.37. The van der Waals surface area contributed by atoms with E-state index in [-0.39, 0.29) is 32.0 Å². The first-order chi connectivity index (χ1) is 39.0. The van der Waals surface area contributed by atoms with Gasteiger partial charge in [-0.2, -0.15) is 0 Å². The quantitative estimate of drug-likeness (QED) is 0.0195. The molecule has 466 valence electrons. The minimum absolute atomic E-state index is 0.0358. The molecule has 2 unspecified atom stereocenters. The Kier molecular flexibility index (Phi) is 59.1. The van der Waals surface area contributed by atoms with Gasteiger partial charge >= 0.3 is 11.9 Å². The summed E-state index contributed by atoms with van der Waals surface area (Å²) in [5.74, 6) is -0.841. The highest BCUT2D eigenvalue weighted by atomic mass is 31.2. The predicted molar refractivity (Wildman–Crippen MR) is 342 cm³/mol. The standard InChI is InChI=1S/C70H128NO8P/c1-6-8-10-12-14-16-18-20-22-24-26-28-30-32-33-34-35-36-37-39-40-42-44-46-48-50-52-54-56-58-60-62-69(72)76-66-68(67-78-80(74,75)77-65-64-71(3,4)5)79-70(73)63-61-59-57-55-53-51-49-47-45-43-41-38-31-29-27-25-23-21-19-17-15-13-11-9-7-2/h9,11,15,17,21,23,27,29,38,41,45,47,68H,6-8,10,12-14,16,18-20,22,24-26,28,30-37,39-40,42-44,46,48-67H2,1-5H3/b11-9-,17-15-,23-21-,29-27-,41-38-,47-45-. The van der Waals surface area contributed by atoms with E-state index in [1.807, 2.05) is 21.1 Å². The molecule has 0 bridgehead atoms. The summed E-state index contributed by atoms with van der Waals surface area (Å²) in [6.07, 6.45) is 81.2. The number of ether oxygens (including phenoxy) is 2. The van der Waals surface area contributed by atoms with E-state index in [2.05, 4.69) is 86.8 Å². The van der Waals surface area contributed by atoms with Crippen LogP contribution in [0.3, 0.4) is 0 Å². The summed E-state index contributed by atoms with van der Waals surface area (Å²) in [6.45, 7) is 4.15. The number of hydrogen-bond donors (Lipinski definition) is 0. The van der Waals surface area contributed by atoms with Crippen LogP contribution in [-0.2, 0) is 32.7 Å². The number of carbonyl (C=O) groups excluding carboxylic acids is 2. The fourth-order valence-electron chi connectivity index (χ4n) is 9.60. The second-order valence-corrected chi connectivity index (χ2v) is 25.2. The second-order valence-electron chi connectivity index (χ2n) is 23.8. The molecule has 0 aromatic rings. The van der Waals surface area contributed by atoms with Gasteiger partial charge in [-0.15, -0.1) is 0 Å². The van der Waals surface area contributed by atoms with Crippen molar-refractivity contribution in [1.29, 1.82) is 0 Å². The van der Waals surface area contributed by atoms with Gasteiger partial charge in [0, 0.05) is 12.8 Å². The van der Waals surface area contributed by atoms with Crippen LogP contribution in [0.4, 0.5) is 0 Å². The molecule has 0 aromatic heterocycles. The fourth-order valence-corrected chi connectivity index (χ4v) is 10.3. The van der Waals surface area contributed by atoms with Gasteiger partial charge in [0.25, 0.3) is 7.82 Å². The van der Waals surface area contributed by atoms with E-state index in [0.29, 0.717) is 17.4 Å². The lowest BCUT2D eigenvalue weighted by molar-refractivity contribution is -0.870. The summed E-state index contributed by atoms with van der Waals surface area (Å²) in [4.78, 5) is 38.0. The van der Waals surface area contributed by atoms with Crippen molar-refractivity contribution in [3.63, 3.8) is 0 Å². The van der Waals surface area contributed by atoms with Crippen molar-refractivity contribution < 1.29 is 42.1 Å². The number of allylic oxidation sites excluding steroid dienone is 12. The first-order valence-corrected chi connectivity index (χ1v) is 35.1. The maximum absolute atomic E-state index is 12.8. The third-order valence-corrected chi connectivity index (χ3v) is 15.7. The van der Waals surface area contributed by atoms with Crippen LogP contribution in [0.1, 0.15) is 309 Å². The molecule has 0 aliphatic carbocycles. The van der Waals surface area contributed by atoms with Crippen LogP contribution in [-0.4, -0.2) is 70.0 Å². The molecule has 0 saturated heterocycles. The molecule has 2 atom stereocenters. The lowest BCUT2D eigenvalue weighted by atomic mass is 10.0. The van der Waals surface area contributed by atoms with E-state index in [9.17, 15) is 19.0 Å². The second kappa shape index (κ2) is 61.0. The summed E-state index contributed by atoms with van der Waals surface area (Å²) in [6, 6.07) is 0. The van der Waals surface area contributed by atoms with Gasteiger partial charge in [-0.3, -0.25) is 14.2 Å². The largest absolute Gasteiger partial charge is 0.756 e. The number of rotatable bonds is 62. The molecule has 0 amide bonds. The number of hydrogen-bond acceptors (Lipinski definition) is 8. The van der Waals surface area contributed by atoms with Gasteiger partial charge in [-0.1, -0.05) is 305 Å². The first-order valence-electron chi connectivity index (χ1n) is 33.6. The average Bonchev–Trinajstić information content (AvgIpc) is 3.42. The van der Waals surface area contributed by atoms with Gasteiger partial charge in [-0.25, -0.2) is 0 Å². The van der Waals surface area contributed by atoms with Crippen molar-refractivity contribution in [3.8, 4) is 0 Å². The maximum atomic E-state index is 12.8. The minimum atomic E-state index is -4.65. The average molecular weight is 1140 g/mol. The maximum Gasteiger partial charge on any atom is 0.306 e. The van der Waals surface area contributed by atoms with E-state index >= 15 is 0 Å². The zero-order chi connectivity index (χ0) is 58.4. The first kappa shape index (κ1) is 77.5. The zero-order valence-corrected chi connectivity index (χ0v) is 53.9. The van der Waals surface area contributed by atoms with Crippen LogP contribution in [0.15, 0.2) is 72.9 Å². The Morgan fingerprint density at radius 2 is 0.713 bits per heavy atom. The number of nitrogens with zero attached hydrogens (tertiary/aromatic N) is 1. The molecule has 0 N–H and O–H groups in total. The Hall–Kier alpha value is -2.55. The molecule has 0 heterocycles. The summed E-state index contributed by atoms with van der Waals surface area (Å²) in [5, 5.41) is 0. The zero-order valence-electron chi connectivity index (χ0n) is 53.0. The third-order valence-electron chi connectivity index (χ3n) is 14.7. The molecule has 0 fully saturated rings. The molecular formula is C70H128NO8P. The monoisotopic (exact) mass is 1140 g/mol. The van der Waals surface area contributed by atoms with Crippen molar-refractivity contribution in [2.75, 3.05) is 47.5 Å². The molecule has 0 aliphatic rings. The van der Waals surface area contributed by atoms with E-state index in [4.69, 9.17) is 18.5 Å². The molecule has 0 spiro atoms. The van der Waals surface area contributed by atoms with E-state index in [0.717, 1.165) is 96.3 Å². The molecule has 10 heteroatoms.